The average Bonchev–Trinajstić information content (AvgIpc) is 2.77. The molecule has 21 heavy (non-hydrogen) atoms. The molecule has 0 unspecified atom stereocenters. The third kappa shape index (κ3) is 3.23. The van der Waals surface area contributed by atoms with Crippen molar-refractivity contribution in [2.24, 2.45) is 0 Å². The number of hydrogen-bond acceptors (Lipinski definition) is 5. The monoisotopic (exact) mass is 321 g/mol. The number of rotatable bonds is 4. The van der Waals surface area contributed by atoms with Crippen LogP contribution in [0.2, 0.25) is 0 Å². The summed E-state index contributed by atoms with van der Waals surface area (Å²) in [5.74, 6) is 0. The molecule has 2 rings (SSSR count). The topological polar surface area (TPSA) is 82.8 Å². The minimum Gasteiger partial charge on any atom is -0.255 e. The number of nitrogens with one attached hydrogen (secondary N) is 1. The molecule has 0 aliphatic heterocycles. The fourth-order valence-electron chi connectivity index (χ4n) is 1.90. The Bertz CT molecular complexity index is 817. The van der Waals surface area contributed by atoms with Gasteiger partial charge in [-0.25, -0.2) is 13.4 Å². The lowest BCUT2D eigenvalue weighted by Gasteiger charge is -2.06. The van der Waals surface area contributed by atoms with E-state index in [2.05, 4.69) is 9.71 Å². The number of nitrogens with zero attached hydrogens (tertiary/aromatic N) is 2. The van der Waals surface area contributed by atoms with Crippen molar-refractivity contribution in [3.05, 3.63) is 39.9 Å². The van der Waals surface area contributed by atoms with E-state index >= 15 is 0 Å². The molecule has 1 aromatic heterocycles. The Morgan fingerprint density at radius 2 is 2.10 bits per heavy atom. The van der Waals surface area contributed by atoms with Gasteiger partial charge in [-0.3, -0.25) is 4.72 Å². The van der Waals surface area contributed by atoms with Crippen LogP contribution >= 0.6 is 11.3 Å². The Labute approximate surface area is 128 Å². The van der Waals surface area contributed by atoms with Crippen LogP contribution in [0.3, 0.4) is 0 Å². The first-order valence-corrected chi connectivity index (χ1v) is 8.67. The quantitative estimate of drug-likeness (QED) is 0.938. The van der Waals surface area contributed by atoms with Crippen molar-refractivity contribution in [2.75, 3.05) is 4.72 Å². The SMILES string of the molecule is CCc1nc(NS(=O)(=O)c2ccc(C#N)c(C)c2)sc1C. The number of thiazole rings is 1. The minimum absolute atomic E-state index is 0.130. The standard InChI is InChI=1S/C14H15N3O2S2/c1-4-13-10(3)20-14(16-13)17-21(18,19)12-6-5-11(8-15)9(2)7-12/h5-7H,4H2,1-3H3,(H,16,17). The van der Waals surface area contributed by atoms with E-state index in [-0.39, 0.29) is 4.90 Å². The Balaban J connectivity index is 2.34. The summed E-state index contributed by atoms with van der Waals surface area (Å²) in [6.45, 7) is 5.60. The molecule has 5 nitrogen and oxygen atoms in total. The van der Waals surface area contributed by atoms with Gasteiger partial charge in [0.25, 0.3) is 10.0 Å². The van der Waals surface area contributed by atoms with Crippen LogP contribution in [0.5, 0.6) is 0 Å². The zero-order chi connectivity index (χ0) is 15.6. The highest BCUT2D eigenvalue weighted by Gasteiger charge is 2.18. The van der Waals surface area contributed by atoms with E-state index in [1.54, 1.807) is 6.92 Å². The first-order valence-electron chi connectivity index (χ1n) is 6.37. The molecular weight excluding hydrogens is 306 g/mol. The van der Waals surface area contributed by atoms with Gasteiger partial charge in [0.1, 0.15) is 0 Å². The van der Waals surface area contributed by atoms with E-state index in [1.807, 2.05) is 19.9 Å². The van der Waals surface area contributed by atoms with Crippen molar-refractivity contribution < 1.29 is 8.42 Å². The number of aryl methyl sites for hydroxylation is 3. The van der Waals surface area contributed by atoms with Crippen LogP contribution in [0.25, 0.3) is 0 Å². The van der Waals surface area contributed by atoms with Gasteiger partial charge in [-0.15, -0.1) is 11.3 Å². The van der Waals surface area contributed by atoms with Crippen molar-refractivity contribution in [1.82, 2.24) is 4.98 Å². The summed E-state index contributed by atoms with van der Waals surface area (Å²) in [6, 6.07) is 6.44. The van der Waals surface area contributed by atoms with Crippen LogP contribution in [0.1, 0.15) is 28.6 Å². The van der Waals surface area contributed by atoms with Crippen molar-refractivity contribution in [2.45, 2.75) is 32.1 Å². The van der Waals surface area contributed by atoms with Crippen LogP contribution in [-0.2, 0) is 16.4 Å². The number of aromatic nitrogens is 1. The van der Waals surface area contributed by atoms with Crippen molar-refractivity contribution in [3.8, 4) is 6.07 Å². The van der Waals surface area contributed by atoms with Gasteiger partial charge >= 0.3 is 0 Å². The van der Waals surface area contributed by atoms with Crippen LogP contribution in [0.15, 0.2) is 23.1 Å². The first kappa shape index (κ1) is 15.5. The van der Waals surface area contributed by atoms with E-state index < -0.39 is 10.0 Å². The van der Waals surface area contributed by atoms with E-state index in [4.69, 9.17) is 5.26 Å². The highest BCUT2D eigenvalue weighted by Crippen LogP contribution is 2.25. The van der Waals surface area contributed by atoms with Gasteiger partial charge in [-0.1, -0.05) is 6.92 Å². The van der Waals surface area contributed by atoms with Gasteiger partial charge in [-0.05, 0) is 44.0 Å². The van der Waals surface area contributed by atoms with E-state index in [9.17, 15) is 8.42 Å². The molecule has 1 N–H and O–H groups in total. The predicted molar refractivity (Wildman–Crippen MR) is 82.9 cm³/mol. The number of anilines is 1. The second kappa shape index (κ2) is 5.84. The van der Waals surface area contributed by atoms with Crippen LogP contribution < -0.4 is 4.72 Å². The molecule has 0 radical (unpaired) electrons. The van der Waals surface area contributed by atoms with Crippen LogP contribution in [0, 0.1) is 25.2 Å². The molecule has 1 heterocycles. The molecule has 0 aliphatic rings. The van der Waals surface area contributed by atoms with Gasteiger partial charge < -0.3 is 0 Å². The normalized spacial score (nSPS) is 11.1. The van der Waals surface area contributed by atoms with Crippen molar-refractivity contribution in [3.63, 3.8) is 0 Å². The highest BCUT2D eigenvalue weighted by atomic mass is 32.2. The molecule has 0 atom stereocenters. The smallest absolute Gasteiger partial charge is 0.255 e. The Morgan fingerprint density at radius 3 is 2.62 bits per heavy atom. The highest BCUT2D eigenvalue weighted by molar-refractivity contribution is 7.93. The Morgan fingerprint density at radius 1 is 1.38 bits per heavy atom. The largest absolute Gasteiger partial charge is 0.263 e. The molecule has 0 amide bonds. The lowest BCUT2D eigenvalue weighted by Crippen LogP contribution is -2.13. The Hall–Kier alpha value is -1.91. The zero-order valence-corrected chi connectivity index (χ0v) is 13.6. The Kier molecular flexibility index (Phi) is 4.30. The summed E-state index contributed by atoms with van der Waals surface area (Å²) in [5, 5.41) is 9.25. The van der Waals surface area contributed by atoms with Gasteiger partial charge in [0.15, 0.2) is 5.13 Å². The van der Waals surface area contributed by atoms with E-state index in [1.165, 1.54) is 29.5 Å². The predicted octanol–water partition coefficient (Wildman–Crippen LogP) is 2.99. The molecule has 0 aliphatic carbocycles. The number of benzene rings is 1. The van der Waals surface area contributed by atoms with Crippen molar-refractivity contribution >= 4 is 26.5 Å². The maximum atomic E-state index is 12.3. The molecular formula is C14H15N3O2S2. The number of sulfonamides is 1. The van der Waals surface area contributed by atoms with E-state index in [0.717, 1.165) is 17.0 Å². The summed E-state index contributed by atoms with van der Waals surface area (Å²) >= 11 is 1.32. The summed E-state index contributed by atoms with van der Waals surface area (Å²) in [6.07, 6.45) is 0.764. The molecule has 0 saturated heterocycles. The van der Waals surface area contributed by atoms with Gasteiger partial charge in [0.05, 0.1) is 22.2 Å². The first-order chi connectivity index (χ1) is 9.87. The lowest BCUT2D eigenvalue weighted by atomic mass is 10.1. The maximum Gasteiger partial charge on any atom is 0.263 e. The molecule has 0 fully saturated rings. The summed E-state index contributed by atoms with van der Waals surface area (Å²) in [5.41, 5.74) is 1.99. The van der Waals surface area contributed by atoms with Crippen LogP contribution in [0.4, 0.5) is 5.13 Å². The summed E-state index contributed by atoms with van der Waals surface area (Å²) in [4.78, 5) is 5.41. The number of hydrogen-bond donors (Lipinski definition) is 1. The third-order valence-corrected chi connectivity index (χ3v) is 5.47. The molecule has 7 heteroatoms. The fraction of sp³-hybridized carbons (Fsp3) is 0.286. The van der Waals surface area contributed by atoms with Gasteiger partial charge in [0, 0.05) is 4.88 Å². The van der Waals surface area contributed by atoms with Crippen molar-refractivity contribution in [1.29, 1.82) is 5.26 Å². The maximum absolute atomic E-state index is 12.3. The number of nitriles is 1. The third-order valence-electron chi connectivity index (χ3n) is 3.08. The zero-order valence-electron chi connectivity index (χ0n) is 12.0. The summed E-state index contributed by atoms with van der Waals surface area (Å²) in [7, 11) is -3.68. The second-order valence-corrected chi connectivity index (χ2v) is 7.46. The molecule has 0 saturated carbocycles. The molecule has 110 valence electrons. The van der Waals surface area contributed by atoms with Gasteiger partial charge in [0.2, 0.25) is 0 Å². The molecule has 2 aromatic rings. The minimum atomic E-state index is -3.68. The average molecular weight is 321 g/mol. The van der Waals surface area contributed by atoms with Crippen LogP contribution in [-0.4, -0.2) is 13.4 Å². The van der Waals surface area contributed by atoms with Gasteiger partial charge in [-0.2, -0.15) is 5.26 Å². The second-order valence-electron chi connectivity index (χ2n) is 4.57. The summed E-state index contributed by atoms with van der Waals surface area (Å²) < 4.78 is 27.2. The van der Waals surface area contributed by atoms with E-state index in [0.29, 0.717) is 16.3 Å². The molecule has 0 spiro atoms. The molecule has 1 aromatic carbocycles. The fourth-order valence-corrected chi connectivity index (χ4v) is 4.12. The lowest BCUT2D eigenvalue weighted by molar-refractivity contribution is 0.601. The molecule has 0 bridgehead atoms.